The topological polar surface area (TPSA) is 62.7 Å². The molecular formula is C14H17FN2O3. The van der Waals surface area contributed by atoms with Crippen LogP contribution in [0.2, 0.25) is 0 Å². The first-order chi connectivity index (χ1) is 9.63. The van der Waals surface area contributed by atoms with E-state index < -0.39 is 11.9 Å². The maximum atomic E-state index is 12.7. The Morgan fingerprint density at radius 2 is 2.30 bits per heavy atom. The van der Waals surface area contributed by atoms with Crippen LogP contribution in [0.25, 0.3) is 0 Å². The van der Waals surface area contributed by atoms with Gasteiger partial charge in [-0.15, -0.1) is 0 Å². The number of hydrogen-bond acceptors (Lipinski definition) is 3. The molecule has 0 aromatic carbocycles. The number of halogens is 1. The summed E-state index contributed by atoms with van der Waals surface area (Å²) in [6.07, 6.45) is 2.99. The Kier molecular flexibility index (Phi) is 3.46. The van der Waals surface area contributed by atoms with Crippen molar-refractivity contribution in [3.8, 4) is 5.88 Å². The summed E-state index contributed by atoms with van der Waals surface area (Å²) in [5, 5.41) is 9.22. The Morgan fingerprint density at radius 3 is 3.00 bits per heavy atom. The Labute approximate surface area is 116 Å². The average molecular weight is 280 g/mol. The van der Waals surface area contributed by atoms with Gasteiger partial charge in [0.1, 0.15) is 5.82 Å². The van der Waals surface area contributed by atoms with E-state index in [-0.39, 0.29) is 6.04 Å². The highest BCUT2D eigenvalue weighted by atomic mass is 19.1. The van der Waals surface area contributed by atoms with Gasteiger partial charge in [-0.05, 0) is 30.7 Å². The molecule has 2 aliphatic rings. The van der Waals surface area contributed by atoms with Crippen molar-refractivity contribution in [3.63, 3.8) is 0 Å². The second kappa shape index (κ2) is 5.26. The van der Waals surface area contributed by atoms with E-state index in [1.165, 1.54) is 17.0 Å². The SMILES string of the molecule is O=C(O)N1C[C@H]2C[C@H]2C[C@H]1CCOc1ccc(F)cn1. The molecule has 3 atom stereocenters. The quantitative estimate of drug-likeness (QED) is 0.919. The number of carbonyl (C=O) groups is 1. The van der Waals surface area contributed by atoms with Crippen LogP contribution in [0.15, 0.2) is 18.3 Å². The van der Waals surface area contributed by atoms with Gasteiger partial charge in [-0.2, -0.15) is 0 Å². The highest BCUT2D eigenvalue weighted by Crippen LogP contribution is 2.47. The van der Waals surface area contributed by atoms with Crippen molar-refractivity contribution in [2.75, 3.05) is 13.2 Å². The van der Waals surface area contributed by atoms with Gasteiger partial charge in [0, 0.05) is 25.1 Å². The van der Waals surface area contributed by atoms with Gasteiger partial charge in [0.05, 0.1) is 12.8 Å². The van der Waals surface area contributed by atoms with E-state index in [2.05, 4.69) is 4.98 Å². The fourth-order valence-electron chi connectivity index (χ4n) is 2.96. The van der Waals surface area contributed by atoms with Crippen molar-refractivity contribution in [1.82, 2.24) is 9.88 Å². The van der Waals surface area contributed by atoms with Crippen LogP contribution in [0.1, 0.15) is 19.3 Å². The van der Waals surface area contributed by atoms with Crippen LogP contribution in [-0.4, -0.2) is 40.3 Å². The molecule has 1 aliphatic carbocycles. The summed E-state index contributed by atoms with van der Waals surface area (Å²) in [5.41, 5.74) is 0. The molecule has 1 N–H and O–H groups in total. The fourth-order valence-corrected chi connectivity index (χ4v) is 2.96. The van der Waals surface area contributed by atoms with Crippen LogP contribution < -0.4 is 4.74 Å². The van der Waals surface area contributed by atoms with Crippen LogP contribution in [0.4, 0.5) is 9.18 Å². The van der Waals surface area contributed by atoms with Gasteiger partial charge in [0.2, 0.25) is 5.88 Å². The summed E-state index contributed by atoms with van der Waals surface area (Å²) in [6, 6.07) is 2.79. The van der Waals surface area contributed by atoms with Crippen LogP contribution in [0.3, 0.4) is 0 Å². The van der Waals surface area contributed by atoms with Crippen molar-refractivity contribution in [2.24, 2.45) is 11.8 Å². The number of nitrogens with zero attached hydrogens (tertiary/aromatic N) is 2. The molecule has 6 heteroatoms. The molecule has 1 saturated heterocycles. The summed E-state index contributed by atoms with van der Waals surface area (Å²) in [4.78, 5) is 16.6. The average Bonchev–Trinajstić information content (AvgIpc) is 3.18. The number of pyridine rings is 1. The number of aromatic nitrogens is 1. The number of amides is 1. The Hall–Kier alpha value is -1.85. The Bertz CT molecular complexity index is 494. The molecule has 108 valence electrons. The normalized spacial score (nSPS) is 27.9. The number of hydrogen-bond donors (Lipinski definition) is 1. The minimum absolute atomic E-state index is 0.0247. The summed E-state index contributed by atoms with van der Waals surface area (Å²) in [5.74, 6) is 1.23. The van der Waals surface area contributed by atoms with Crippen molar-refractivity contribution in [3.05, 3.63) is 24.1 Å². The van der Waals surface area contributed by atoms with Gasteiger partial charge in [0.25, 0.3) is 0 Å². The first-order valence-electron chi connectivity index (χ1n) is 6.87. The lowest BCUT2D eigenvalue weighted by Gasteiger charge is -2.33. The van der Waals surface area contributed by atoms with Crippen LogP contribution >= 0.6 is 0 Å². The number of rotatable bonds is 4. The van der Waals surface area contributed by atoms with Gasteiger partial charge in [-0.1, -0.05) is 0 Å². The fraction of sp³-hybridized carbons (Fsp3) is 0.571. The zero-order chi connectivity index (χ0) is 14.1. The number of carboxylic acid groups (broad SMARTS) is 1. The molecule has 0 radical (unpaired) electrons. The smallest absolute Gasteiger partial charge is 0.407 e. The van der Waals surface area contributed by atoms with Crippen molar-refractivity contribution >= 4 is 6.09 Å². The van der Waals surface area contributed by atoms with Crippen molar-refractivity contribution in [1.29, 1.82) is 0 Å². The second-order valence-electron chi connectivity index (χ2n) is 5.53. The van der Waals surface area contributed by atoms with Crippen LogP contribution in [0, 0.1) is 17.7 Å². The standard InChI is InChI=1S/C14H17FN2O3/c15-11-1-2-13(16-7-11)20-4-3-12-6-9-5-10(9)8-17(12)14(18)19/h1-2,7,9-10,12H,3-6,8H2,(H,18,19)/t9-,10+,12+/m0/s1. The lowest BCUT2D eigenvalue weighted by molar-refractivity contribution is 0.0931. The lowest BCUT2D eigenvalue weighted by atomic mass is 10.00. The maximum Gasteiger partial charge on any atom is 0.407 e. The molecular weight excluding hydrogens is 263 g/mol. The minimum Gasteiger partial charge on any atom is -0.478 e. The van der Waals surface area contributed by atoms with E-state index in [1.807, 2.05) is 0 Å². The number of ether oxygens (including phenoxy) is 1. The predicted octanol–water partition coefficient (Wildman–Crippen LogP) is 2.38. The molecule has 0 unspecified atom stereocenters. The summed E-state index contributed by atoms with van der Waals surface area (Å²) in [6.45, 7) is 1.05. The maximum absolute atomic E-state index is 12.7. The molecule has 0 bridgehead atoms. The van der Waals surface area contributed by atoms with E-state index in [0.29, 0.717) is 37.3 Å². The van der Waals surface area contributed by atoms with Crippen LogP contribution in [-0.2, 0) is 0 Å². The predicted molar refractivity (Wildman–Crippen MR) is 69.0 cm³/mol. The third-order valence-corrected chi connectivity index (χ3v) is 4.16. The lowest BCUT2D eigenvalue weighted by Crippen LogP contribution is -2.44. The number of likely N-dealkylation sites (tertiary alicyclic amines) is 1. The number of fused-ring (bicyclic) bond motifs is 1. The third kappa shape index (κ3) is 2.84. The van der Waals surface area contributed by atoms with Crippen LogP contribution in [0.5, 0.6) is 5.88 Å². The molecule has 1 aromatic heterocycles. The Balaban J connectivity index is 1.51. The first kappa shape index (κ1) is 13.1. The monoisotopic (exact) mass is 280 g/mol. The van der Waals surface area contributed by atoms with E-state index in [1.54, 1.807) is 0 Å². The van der Waals surface area contributed by atoms with Gasteiger partial charge in [0.15, 0.2) is 0 Å². The molecule has 5 nitrogen and oxygen atoms in total. The summed E-state index contributed by atoms with van der Waals surface area (Å²) >= 11 is 0. The molecule has 2 heterocycles. The minimum atomic E-state index is -0.847. The van der Waals surface area contributed by atoms with Crippen molar-refractivity contribution in [2.45, 2.75) is 25.3 Å². The van der Waals surface area contributed by atoms with E-state index in [4.69, 9.17) is 4.74 Å². The molecule has 1 aromatic rings. The van der Waals surface area contributed by atoms with Crippen molar-refractivity contribution < 1.29 is 19.0 Å². The van der Waals surface area contributed by atoms with Gasteiger partial charge >= 0.3 is 6.09 Å². The Morgan fingerprint density at radius 1 is 1.45 bits per heavy atom. The highest BCUT2D eigenvalue weighted by molar-refractivity contribution is 5.65. The zero-order valence-corrected chi connectivity index (χ0v) is 11.0. The third-order valence-electron chi connectivity index (χ3n) is 4.16. The molecule has 1 amide bonds. The number of piperidine rings is 1. The summed E-state index contributed by atoms with van der Waals surface area (Å²) < 4.78 is 18.1. The highest BCUT2D eigenvalue weighted by Gasteiger charge is 2.46. The molecule has 2 fully saturated rings. The van der Waals surface area contributed by atoms with Gasteiger partial charge < -0.3 is 14.7 Å². The van der Waals surface area contributed by atoms with Gasteiger partial charge in [-0.3, -0.25) is 0 Å². The molecule has 1 aliphatic heterocycles. The first-order valence-corrected chi connectivity index (χ1v) is 6.87. The van der Waals surface area contributed by atoms with E-state index in [9.17, 15) is 14.3 Å². The van der Waals surface area contributed by atoms with E-state index >= 15 is 0 Å². The largest absolute Gasteiger partial charge is 0.478 e. The van der Waals surface area contributed by atoms with Gasteiger partial charge in [-0.25, -0.2) is 14.2 Å². The summed E-state index contributed by atoms with van der Waals surface area (Å²) in [7, 11) is 0. The zero-order valence-electron chi connectivity index (χ0n) is 11.0. The second-order valence-corrected chi connectivity index (χ2v) is 5.53. The molecule has 20 heavy (non-hydrogen) atoms. The molecule has 3 rings (SSSR count). The molecule has 0 spiro atoms. The van der Waals surface area contributed by atoms with E-state index in [0.717, 1.165) is 19.0 Å². The molecule has 1 saturated carbocycles.